The molecule has 192 valence electrons. The second-order valence-corrected chi connectivity index (χ2v) is 11.8. The van der Waals surface area contributed by atoms with Gasteiger partial charge >= 0.3 is 5.97 Å². The molecule has 1 amide bonds. The van der Waals surface area contributed by atoms with Gasteiger partial charge in [-0.2, -0.15) is 0 Å². The molecule has 0 saturated heterocycles. The van der Waals surface area contributed by atoms with Gasteiger partial charge in [0.25, 0.3) is 5.91 Å². The highest BCUT2D eigenvalue weighted by Crippen LogP contribution is 2.37. The topological polar surface area (TPSA) is 84.2 Å². The van der Waals surface area contributed by atoms with Crippen LogP contribution in [0.4, 0.5) is 0 Å². The van der Waals surface area contributed by atoms with E-state index in [0.717, 1.165) is 55.4 Å². The van der Waals surface area contributed by atoms with Crippen LogP contribution in [-0.4, -0.2) is 32.6 Å². The average Bonchev–Trinajstić information content (AvgIpc) is 3.51. The van der Waals surface area contributed by atoms with Gasteiger partial charge in [-0.05, 0) is 67.2 Å². The number of imidazole rings is 1. The predicted octanol–water partition coefficient (Wildman–Crippen LogP) is 6.59. The molecule has 5 rings (SSSR count). The summed E-state index contributed by atoms with van der Waals surface area (Å²) < 4.78 is 2.44. The summed E-state index contributed by atoms with van der Waals surface area (Å²) in [5.41, 5.74) is 2.49. The Balaban J connectivity index is 1.44. The number of nitrogens with zero attached hydrogens (tertiary/aromatic N) is 2. The Bertz CT molecular complexity index is 1200. The van der Waals surface area contributed by atoms with E-state index in [1.54, 1.807) is 11.3 Å². The fourth-order valence-electron chi connectivity index (χ4n) is 6.35. The largest absolute Gasteiger partial charge is 0.481 e. The van der Waals surface area contributed by atoms with E-state index >= 15 is 0 Å². The Morgan fingerprint density at radius 1 is 1.11 bits per heavy atom. The van der Waals surface area contributed by atoms with Crippen molar-refractivity contribution in [2.45, 2.75) is 89.6 Å². The number of nitrogens with one attached hydrogen (secondary N) is 1. The molecule has 1 aromatic carbocycles. The van der Waals surface area contributed by atoms with Crippen molar-refractivity contribution in [1.29, 1.82) is 0 Å². The van der Waals surface area contributed by atoms with Gasteiger partial charge in [-0.15, -0.1) is 11.3 Å². The fourth-order valence-corrected chi connectivity index (χ4v) is 7.05. The van der Waals surface area contributed by atoms with Crippen molar-refractivity contribution in [2.24, 2.45) is 11.8 Å². The number of carboxylic acid groups (broad SMARTS) is 1. The number of hydrogen-bond acceptors (Lipinski definition) is 4. The number of thiophene rings is 1. The summed E-state index contributed by atoms with van der Waals surface area (Å²) in [6.45, 7) is 2.35. The number of aromatic nitrogens is 2. The molecule has 3 atom stereocenters. The highest BCUT2D eigenvalue weighted by molar-refractivity contribution is 7.09. The lowest BCUT2D eigenvalue weighted by Gasteiger charge is -2.31. The van der Waals surface area contributed by atoms with Crippen LogP contribution in [0.15, 0.2) is 35.7 Å². The molecule has 6 nitrogen and oxygen atoms in total. The number of amides is 1. The maximum Gasteiger partial charge on any atom is 0.305 e. The van der Waals surface area contributed by atoms with Crippen LogP contribution in [0.3, 0.4) is 0 Å². The number of hydrogen-bond donors (Lipinski definition) is 2. The van der Waals surface area contributed by atoms with Crippen LogP contribution in [0.2, 0.25) is 0 Å². The summed E-state index contributed by atoms with van der Waals surface area (Å²) in [6.07, 6.45) is 11.0. The molecule has 3 unspecified atom stereocenters. The van der Waals surface area contributed by atoms with E-state index in [-0.39, 0.29) is 24.3 Å². The van der Waals surface area contributed by atoms with E-state index in [9.17, 15) is 14.7 Å². The Labute approximate surface area is 217 Å². The van der Waals surface area contributed by atoms with Crippen LogP contribution in [0.1, 0.15) is 98.2 Å². The Hall–Kier alpha value is -2.67. The van der Waals surface area contributed by atoms with Crippen molar-refractivity contribution < 1.29 is 14.7 Å². The van der Waals surface area contributed by atoms with E-state index < -0.39 is 5.97 Å². The van der Waals surface area contributed by atoms with E-state index in [2.05, 4.69) is 34.3 Å². The second kappa shape index (κ2) is 11.2. The van der Waals surface area contributed by atoms with Gasteiger partial charge in [0.05, 0.1) is 17.5 Å². The molecule has 0 aliphatic heterocycles. The summed E-state index contributed by atoms with van der Waals surface area (Å²) >= 11 is 1.75. The van der Waals surface area contributed by atoms with Crippen LogP contribution in [-0.2, 0) is 11.2 Å². The van der Waals surface area contributed by atoms with Crippen molar-refractivity contribution in [3.8, 4) is 0 Å². The van der Waals surface area contributed by atoms with Gasteiger partial charge in [0, 0.05) is 28.9 Å². The van der Waals surface area contributed by atoms with E-state index in [1.165, 1.54) is 30.6 Å². The minimum absolute atomic E-state index is 0.0300. The van der Waals surface area contributed by atoms with Crippen molar-refractivity contribution in [2.75, 3.05) is 0 Å². The van der Waals surface area contributed by atoms with E-state index in [4.69, 9.17) is 4.98 Å². The van der Waals surface area contributed by atoms with Crippen LogP contribution in [0, 0.1) is 11.8 Å². The van der Waals surface area contributed by atoms with Crippen LogP contribution < -0.4 is 5.32 Å². The molecule has 2 N–H and O–H groups in total. The third-order valence-corrected chi connectivity index (χ3v) is 9.14. The zero-order chi connectivity index (χ0) is 25.1. The first-order valence-electron chi connectivity index (χ1n) is 13.6. The normalized spacial score (nSPS) is 21.9. The Morgan fingerprint density at radius 3 is 2.61 bits per heavy atom. The van der Waals surface area contributed by atoms with Gasteiger partial charge in [-0.1, -0.05) is 45.1 Å². The molecule has 36 heavy (non-hydrogen) atoms. The quantitative estimate of drug-likeness (QED) is 0.360. The van der Waals surface area contributed by atoms with Gasteiger partial charge in [0.15, 0.2) is 0 Å². The summed E-state index contributed by atoms with van der Waals surface area (Å²) in [7, 11) is 0. The standard InChI is InChI=1S/C29H37N3O3S/c1-19-8-5-6-12-25(19)32-26-14-13-21(16-24(26)30-27(32)17-22-11-7-15-36-22)29(35)31-23(18-28(33)34)20-9-3-2-4-10-20/h7,11,13-16,19-20,23,25H,2-6,8-10,12,17-18H2,1H3,(H,31,35)(H,33,34). The molecule has 3 aromatic rings. The average molecular weight is 508 g/mol. The monoisotopic (exact) mass is 507 g/mol. The molecular formula is C29H37N3O3S. The molecule has 0 spiro atoms. The maximum atomic E-state index is 13.3. The van der Waals surface area contributed by atoms with Crippen LogP contribution in [0.5, 0.6) is 0 Å². The van der Waals surface area contributed by atoms with Gasteiger partial charge < -0.3 is 15.0 Å². The molecule has 2 fully saturated rings. The predicted molar refractivity (Wildman–Crippen MR) is 144 cm³/mol. The molecule has 2 heterocycles. The van der Waals surface area contributed by atoms with Gasteiger partial charge in [-0.3, -0.25) is 9.59 Å². The Morgan fingerprint density at radius 2 is 1.89 bits per heavy atom. The summed E-state index contributed by atoms with van der Waals surface area (Å²) in [6, 6.07) is 10.2. The number of aliphatic carboxylic acids is 1. The third-order valence-electron chi connectivity index (χ3n) is 8.26. The number of carboxylic acids is 1. The first-order chi connectivity index (χ1) is 17.5. The van der Waals surface area contributed by atoms with Crippen LogP contribution >= 0.6 is 11.3 Å². The molecular weight excluding hydrogens is 470 g/mol. The fraction of sp³-hybridized carbons (Fsp3) is 0.552. The molecule has 0 bridgehead atoms. The molecule has 0 radical (unpaired) electrons. The lowest BCUT2D eigenvalue weighted by atomic mass is 9.82. The first kappa shape index (κ1) is 25.0. The van der Waals surface area contributed by atoms with Crippen LogP contribution in [0.25, 0.3) is 11.0 Å². The van der Waals surface area contributed by atoms with Gasteiger partial charge in [0.2, 0.25) is 0 Å². The summed E-state index contributed by atoms with van der Waals surface area (Å²) in [4.78, 5) is 31.2. The highest BCUT2D eigenvalue weighted by Gasteiger charge is 2.29. The van der Waals surface area contributed by atoms with E-state index in [0.29, 0.717) is 17.5 Å². The van der Waals surface area contributed by atoms with Gasteiger partial charge in [-0.25, -0.2) is 4.98 Å². The van der Waals surface area contributed by atoms with Crippen molar-refractivity contribution in [3.63, 3.8) is 0 Å². The molecule has 2 aliphatic rings. The van der Waals surface area contributed by atoms with Crippen molar-refractivity contribution >= 4 is 34.2 Å². The Kier molecular flexibility index (Phi) is 7.75. The molecule has 2 saturated carbocycles. The van der Waals surface area contributed by atoms with E-state index in [1.807, 2.05) is 18.2 Å². The number of rotatable bonds is 8. The lowest BCUT2D eigenvalue weighted by Crippen LogP contribution is -2.42. The number of fused-ring (bicyclic) bond motifs is 1. The third kappa shape index (κ3) is 5.51. The lowest BCUT2D eigenvalue weighted by molar-refractivity contribution is -0.137. The summed E-state index contributed by atoms with van der Waals surface area (Å²) in [5.74, 6) is 0.823. The minimum Gasteiger partial charge on any atom is -0.481 e. The zero-order valence-corrected chi connectivity index (χ0v) is 21.9. The molecule has 7 heteroatoms. The minimum atomic E-state index is -0.861. The smallest absolute Gasteiger partial charge is 0.305 e. The van der Waals surface area contributed by atoms with Crippen molar-refractivity contribution in [3.05, 3.63) is 52.0 Å². The molecule has 2 aromatic heterocycles. The second-order valence-electron chi connectivity index (χ2n) is 10.8. The SMILES string of the molecule is CC1CCCCC1n1c(Cc2cccs2)nc2cc(C(=O)NC(CC(=O)O)C3CCCCC3)ccc21. The zero-order valence-electron chi connectivity index (χ0n) is 21.1. The number of benzene rings is 1. The van der Waals surface area contributed by atoms with Gasteiger partial charge in [0.1, 0.15) is 5.82 Å². The molecule has 2 aliphatic carbocycles. The number of carbonyl (C=O) groups excluding carboxylic acids is 1. The number of carbonyl (C=O) groups is 2. The van der Waals surface area contributed by atoms with Crippen molar-refractivity contribution in [1.82, 2.24) is 14.9 Å². The highest BCUT2D eigenvalue weighted by atomic mass is 32.1. The maximum absolute atomic E-state index is 13.3. The first-order valence-corrected chi connectivity index (χ1v) is 14.4. The summed E-state index contributed by atoms with van der Waals surface area (Å²) in [5, 5.41) is 14.6.